The number of nitrogens with one attached hydrogen (secondary N) is 1. The van der Waals surface area contributed by atoms with E-state index in [0.717, 1.165) is 17.2 Å². The first-order valence-corrected chi connectivity index (χ1v) is 8.74. The van der Waals surface area contributed by atoms with E-state index >= 15 is 0 Å². The van der Waals surface area contributed by atoms with E-state index in [0.29, 0.717) is 0 Å². The fourth-order valence-corrected chi connectivity index (χ4v) is 4.42. The van der Waals surface area contributed by atoms with Crippen molar-refractivity contribution in [1.82, 2.24) is 5.32 Å². The molecule has 1 N–H and O–H groups in total. The lowest BCUT2D eigenvalue weighted by molar-refractivity contribution is 0.312. The maximum Gasteiger partial charge on any atom is 0.00675 e. The standard InChI is InChI=1S/C15H29NS/c1-13-7-9-14(10-8-13)16-11-12-17-15-5-3-2-4-6-15/h13-16H,2-12H2,1H3. The van der Waals surface area contributed by atoms with Crippen LogP contribution in [0, 0.1) is 5.92 Å². The first-order chi connectivity index (χ1) is 8.34. The average molecular weight is 255 g/mol. The van der Waals surface area contributed by atoms with E-state index in [1.165, 1.54) is 70.1 Å². The zero-order chi connectivity index (χ0) is 11.9. The van der Waals surface area contributed by atoms with Crippen molar-refractivity contribution in [2.45, 2.75) is 76.0 Å². The van der Waals surface area contributed by atoms with Gasteiger partial charge in [-0.05, 0) is 44.4 Å². The molecule has 100 valence electrons. The molecule has 0 amide bonds. The van der Waals surface area contributed by atoms with Gasteiger partial charge in [0.15, 0.2) is 0 Å². The molecule has 0 radical (unpaired) electrons. The Morgan fingerprint density at radius 1 is 0.941 bits per heavy atom. The number of hydrogen-bond donors (Lipinski definition) is 1. The summed E-state index contributed by atoms with van der Waals surface area (Å²) in [6.07, 6.45) is 13.1. The first kappa shape index (κ1) is 13.7. The molecule has 17 heavy (non-hydrogen) atoms. The minimum absolute atomic E-state index is 0.832. The minimum Gasteiger partial charge on any atom is -0.313 e. The number of hydrogen-bond acceptors (Lipinski definition) is 2. The van der Waals surface area contributed by atoms with Crippen molar-refractivity contribution in [1.29, 1.82) is 0 Å². The lowest BCUT2D eigenvalue weighted by atomic mass is 9.87. The Bertz CT molecular complexity index is 193. The van der Waals surface area contributed by atoms with E-state index in [4.69, 9.17) is 0 Å². The van der Waals surface area contributed by atoms with Crippen LogP contribution in [0.2, 0.25) is 0 Å². The Morgan fingerprint density at radius 3 is 2.35 bits per heavy atom. The summed E-state index contributed by atoms with van der Waals surface area (Å²) in [7, 11) is 0. The molecule has 0 aromatic heterocycles. The third kappa shape index (κ3) is 5.21. The molecule has 0 aromatic carbocycles. The molecular weight excluding hydrogens is 226 g/mol. The molecule has 0 aromatic rings. The molecule has 2 aliphatic rings. The zero-order valence-corrected chi connectivity index (χ0v) is 12.2. The van der Waals surface area contributed by atoms with Crippen LogP contribution >= 0.6 is 11.8 Å². The summed E-state index contributed by atoms with van der Waals surface area (Å²) < 4.78 is 0. The van der Waals surface area contributed by atoms with Gasteiger partial charge in [0.25, 0.3) is 0 Å². The van der Waals surface area contributed by atoms with E-state index < -0.39 is 0 Å². The van der Waals surface area contributed by atoms with Gasteiger partial charge in [0.2, 0.25) is 0 Å². The van der Waals surface area contributed by atoms with Crippen molar-refractivity contribution in [2.75, 3.05) is 12.3 Å². The van der Waals surface area contributed by atoms with Crippen LogP contribution in [0.5, 0.6) is 0 Å². The van der Waals surface area contributed by atoms with E-state index in [1.54, 1.807) is 0 Å². The van der Waals surface area contributed by atoms with Gasteiger partial charge in [0.1, 0.15) is 0 Å². The fraction of sp³-hybridized carbons (Fsp3) is 1.00. The van der Waals surface area contributed by atoms with Crippen molar-refractivity contribution in [3.63, 3.8) is 0 Å². The number of thioether (sulfide) groups is 1. The predicted molar refractivity (Wildman–Crippen MR) is 78.8 cm³/mol. The maximum absolute atomic E-state index is 3.76. The van der Waals surface area contributed by atoms with Crippen molar-refractivity contribution >= 4 is 11.8 Å². The van der Waals surface area contributed by atoms with Crippen LogP contribution in [0.25, 0.3) is 0 Å². The van der Waals surface area contributed by atoms with Crippen molar-refractivity contribution in [2.24, 2.45) is 5.92 Å². The van der Waals surface area contributed by atoms with Gasteiger partial charge in [-0.25, -0.2) is 0 Å². The average Bonchev–Trinajstić information content (AvgIpc) is 2.38. The molecule has 0 aliphatic heterocycles. The lowest BCUT2D eigenvalue weighted by Crippen LogP contribution is -2.34. The van der Waals surface area contributed by atoms with Crippen LogP contribution in [0.4, 0.5) is 0 Å². The Morgan fingerprint density at radius 2 is 1.65 bits per heavy atom. The molecule has 2 heteroatoms. The summed E-state index contributed by atoms with van der Waals surface area (Å²) in [5.41, 5.74) is 0. The van der Waals surface area contributed by atoms with Gasteiger partial charge in [0, 0.05) is 23.6 Å². The third-order valence-electron chi connectivity index (χ3n) is 4.46. The van der Waals surface area contributed by atoms with Crippen LogP contribution in [0.1, 0.15) is 64.7 Å². The van der Waals surface area contributed by atoms with Gasteiger partial charge in [-0.15, -0.1) is 0 Å². The van der Waals surface area contributed by atoms with Gasteiger partial charge in [-0.3, -0.25) is 0 Å². The molecular formula is C15H29NS. The van der Waals surface area contributed by atoms with Crippen molar-refractivity contribution in [3.05, 3.63) is 0 Å². The normalized spacial score (nSPS) is 31.6. The molecule has 2 fully saturated rings. The Balaban J connectivity index is 1.48. The smallest absolute Gasteiger partial charge is 0.00675 e. The highest BCUT2D eigenvalue weighted by molar-refractivity contribution is 7.99. The van der Waals surface area contributed by atoms with Crippen molar-refractivity contribution < 1.29 is 0 Å². The van der Waals surface area contributed by atoms with Gasteiger partial charge >= 0.3 is 0 Å². The fourth-order valence-electron chi connectivity index (χ4n) is 3.18. The van der Waals surface area contributed by atoms with Crippen LogP contribution in [0.3, 0.4) is 0 Å². The molecule has 2 rings (SSSR count). The van der Waals surface area contributed by atoms with Gasteiger partial charge in [-0.1, -0.05) is 26.2 Å². The lowest BCUT2D eigenvalue weighted by Gasteiger charge is -2.27. The SMILES string of the molecule is CC1CCC(NCCSC2CCCCC2)CC1. The molecule has 0 atom stereocenters. The zero-order valence-electron chi connectivity index (χ0n) is 11.4. The summed E-state index contributed by atoms with van der Waals surface area (Å²) >= 11 is 2.22. The van der Waals surface area contributed by atoms with Gasteiger partial charge in [0.05, 0.1) is 0 Å². The Kier molecular flexibility index (Phi) is 6.21. The second kappa shape index (κ2) is 7.68. The monoisotopic (exact) mass is 255 g/mol. The van der Waals surface area contributed by atoms with Crippen LogP contribution in [-0.2, 0) is 0 Å². The van der Waals surface area contributed by atoms with E-state index in [-0.39, 0.29) is 0 Å². The van der Waals surface area contributed by atoms with E-state index in [9.17, 15) is 0 Å². The van der Waals surface area contributed by atoms with Gasteiger partial charge in [-0.2, -0.15) is 11.8 Å². The minimum atomic E-state index is 0.832. The third-order valence-corrected chi connectivity index (χ3v) is 5.84. The molecule has 2 aliphatic carbocycles. The maximum atomic E-state index is 3.76. The van der Waals surface area contributed by atoms with E-state index in [1.807, 2.05) is 0 Å². The second-order valence-electron chi connectivity index (χ2n) is 6.04. The van der Waals surface area contributed by atoms with Crippen LogP contribution in [-0.4, -0.2) is 23.6 Å². The molecule has 1 nitrogen and oxygen atoms in total. The quantitative estimate of drug-likeness (QED) is 0.738. The summed E-state index contributed by atoms with van der Waals surface area (Å²) in [5, 5.41) is 4.74. The first-order valence-electron chi connectivity index (χ1n) is 7.69. The molecule has 0 bridgehead atoms. The van der Waals surface area contributed by atoms with Gasteiger partial charge < -0.3 is 5.32 Å². The Hall–Kier alpha value is 0.310. The second-order valence-corrected chi connectivity index (χ2v) is 7.45. The predicted octanol–water partition coefficient (Wildman–Crippen LogP) is 4.22. The molecule has 2 saturated carbocycles. The summed E-state index contributed by atoms with van der Waals surface area (Å²) in [6, 6.07) is 0.832. The molecule has 0 spiro atoms. The van der Waals surface area contributed by atoms with E-state index in [2.05, 4.69) is 24.0 Å². The molecule has 0 heterocycles. The molecule has 0 saturated heterocycles. The highest BCUT2D eigenvalue weighted by Gasteiger charge is 2.17. The Labute approximate surface area is 112 Å². The highest BCUT2D eigenvalue weighted by atomic mass is 32.2. The summed E-state index contributed by atoms with van der Waals surface area (Å²) in [5.74, 6) is 2.31. The topological polar surface area (TPSA) is 12.0 Å². The highest BCUT2D eigenvalue weighted by Crippen LogP contribution is 2.28. The molecule has 0 unspecified atom stereocenters. The summed E-state index contributed by atoms with van der Waals surface area (Å²) in [6.45, 7) is 3.63. The van der Waals surface area contributed by atoms with Crippen LogP contribution < -0.4 is 5.32 Å². The summed E-state index contributed by atoms with van der Waals surface area (Å²) in [4.78, 5) is 0. The largest absolute Gasteiger partial charge is 0.313 e. The number of rotatable bonds is 5. The van der Waals surface area contributed by atoms with Crippen molar-refractivity contribution in [3.8, 4) is 0 Å². The van der Waals surface area contributed by atoms with Crippen LogP contribution in [0.15, 0.2) is 0 Å².